The highest BCUT2D eigenvalue weighted by Gasteiger charge is 2.29. The Kier molecular flexibility index (Phi) is 5.36. The van der Waals surface area contributed by atoms with Gasteiger partial charge in [0.15, 0.2) is 0 Å². The fourth-order valence-corrected chi connectivity index (χ4v) is 4.37. The number of aromatic nitrogens is 2. The summed E-state index contributed by atoms with van der Waals surface area (Å²) in [5.74, 6) is 0.694. The fourth-order valence-electron chi connectivity index (χ4n) is 3.78. The van der Waals surface area contributed by atoms with E-state index in [4.69, 9.17) is 16.3 Å². The lowest BCUT2D eigenvalue weighted by atomic mass is 10.0. The van der Waals surface area contributed by atoms with Gasteiger partial charge in [-0.1, -0.05) is 57.9 Å². The Labute approximate surface area is 197 Å². The lowest BCUT2D eigenvalue weighted by Gasteiger charge is -2.20. The van der Waals surface area contributed by atoms with Gasteiger partial charge in [-0.2, -0.15) is 0 Å². The van der Waals surface area contributed by atoms with Crippen molar-refractivity contribution in [3.05, 3.63) is 104 Å². The second-order valence-electron chi connectivity index (χ2n) is 7.35. The number of nitrogens with one attached hydrogen (secondary N) is 1. The zero-order valence-corrected chi connectivity index (χ0v) is 19.1. The molecule has 4 aromatic rings. The van der Waals surface area contributed by atoms with Gasteiger partial charge >= 0.3 is 0 Å². The minimum Gasteiger partial charge on any atom is -0.439 e. The van der Waals surface area contributed by atoms with Gasteiger partial charge in [0.05, 0.1) is 22.0 Å². The fraction of sp³-hybridized carbons (Fsp3) is 0.0833. The van der Waals surface area contributed by atoms with Crippen LogP contribution in [0.3, 0.4) is 0 Å². The zero-order valence-electron chi connectivity index (χ0n) is 16.7. The summed E-state index contributed by atoms with van der Waals surface area (Å²) in [7, 11) is 0. The number of fused-ring (bicyclic) bond motifs is 2. The molecule has 0 saturated carbocycles. The lowest BCUT2D eigenvalue weighted by Crippen LogP contribution is -2.27. The van der Waals surface area contributed by atoms with Crippen LogP contribution in [-0.4, -0.2) is 15.3 Å². The van der Waals surface area contributed by atoms with Crippen LogP contribution >= 0.6 is 27.5 Å². The van der Waals surface area contributed by atoms with Crippen molar-refractivity contribution in [2.24, 2.45) is 0 Å². The Hall–Kier alpha value is -3.29. The number of halogens is 2. The van der Waals surface area contributed by atoms with Gasteiger partial charge in [-0.3, -0.25) is 9.59 Å². The first-order valence-electron chi connectivity index (χ1n) is 9.92. The third-order valence-corrected chi connectivity index (χ3v) is 6.05. The van der Waals surface area contributed by atoms with Gasteiger partial charge in [0, 0.05) is 16.5 Å². The summed E-state index contributed by atoms with van der Waals surface area (Å²) in [6, 6.07) is 21.9. The number of para-hydroxylation sites is 2. The molecule has 0 atom stereocenters. The first-order chi connectivity index (χ1) is 15.5. The largest absolute Gasteiger partial charge is 0.439 e. The summed E-state index contributed by atoms with van der Waals surface area (Å²) in [6.07, 6.45) is 0.412. The second-order valence-corrected chi connectivity index (χ2v) is 8.68. The maximum Gasteiger partial charge on any atom is 0.278 e. The molecule has 5 rings (SSSR count). The Morgan fingerprint density at radius 3 is 2.59 bits per heavy atom. The normalized spacial score (nSPS) is 11.9. The van der Waals surface area contributed by atoms with Crippen LogP contribution in [0.25, 0.3) is 5.69 Å². The molecule has 6 nitrogen and oxygen atoms in total. The minimum absolute atomic E-state index is 0.128. The molecule has 160 valence electrons. The first-order valence-corrected chi connectivity index (χ1v) is 11.1. The summed E-state index contributed by atoms with van der Waals surface area (Å²) in [6.45, 7) is -0.128. The average Bonchev–Trinajstić information content (AvgIpc) is 3.05. The molecule has 1 aliphatic heterocycles. The standard InChI is InChI=1S/C24H17BrClN3O3/c25-16-10-11-21-15(12-16)13-18-23(31)29(17-6-2-1-3-7-17)28(24(18)32-21)14-22(30)27-20-9-5-4-8-19(20)26/h1-12H,13-14H2,(H,27,30). The highest BCUT2D eigenvalue weighted by atomic mass is 79.9. The molecule has 0 saturated heterocycles. The van der Waals surface area contributed by atoms with Gasteiger partial charge in [-0.05, 0) is 42.5 Å². The van der Waals surface area contributed by atoms with Crippen LogP contribution in [0, 0.1) is 0 Å². The minimum atomic E-state index is -0.328. The van der Waals surface area contributed by atoms with Crippen molar-refractivity contribution in [1.29, 1.82) is 0 Å². The molecule has 0 spiro atoms. The topological polar surface area (TPSA) is 65.3 Å². The quantitative estimate of drug-likeness (QED) is 0.353. The SMILES string of the molecule is O=C(Cn1c2c(c(=O)n1-c1ccccc1)Cc1cc(Br)ccc1O2)Nc1ccccc1Cl. The highest BCUT2D eigenvalue weighted by Crippen LogP contribution is 2.37. The van der Waals surface area contributed by atoms with Crippen molar-refractivity contribution in [2.75, 3.05) is 5.32 Å². The maximum absolute atomic E-state index is 13.4. The highest BCUT2D eigenvalue weighted by molar-refractivity contribution is 9.10. The summed E-state index contributed by atoms with van der Waals surface area (Å²) >= 11 is 9.65. The van der Waals surface area contributed by atoms with E-state index in [0.717, 1.165) is 10.0 Å². The zero-order chi connectivity index (χ0) is 22.2. The summed E-state index contributed by atoms with van der Waals surface area (Å²) in [5.41, 5.74) is 2.34. The number of benzene rings is 3. The van der Waals surface area contributed by atoms with E-state index < -0.39 is 0 Å². The van der Waals surface area contributed by atoms with Crippen molar-refractivity contribution in [3.8, 4) is 17.3 Å². The molecule has 8 heteroatoms. The first kappa shape index (κ1) is 20.6. The van der Waals surface area contributed by atoms with E-state index in [9.17, 15) is 9.59 Å². The van der Waals surface area contributed by atoms with Gasteiger partial charge in [-0.15, -0.1) is 0 Å². The van der Waals surface area contributed by atoms with Crippen LogP contribution in [0.2, 0.25) is 5.02 Å². The van der Waals surface area contributed by atoms with E-state index in [2.05, 4.69) is 21.2 Å². The van der Waals surface area contributed by atoms with Crippen molar-refractivity contribution in [2.45, 2.75) is 13.0 Å². The van der Waals surface area contributed by atoms with Crippen LogP contribution in [0.5, 0.6) is 11.6 Å². The second kappa shape index (κ2) is 8.33. The number of anilines is 1. The maximum atomic E-state index is 13.4. The molecule has 0 unspecified atom stereocenters. The summed E-state index contributed by atoms with van der Waals surface area (Å²) < 4.78 is 10.1. The predicted octanol–water partition coefficient (Wildman–Crippen LogP) is 5.39. The molecular formula is C24H17BrClN3O3. The summed E-state index contributed by atoms with van der Waals surface area (Å²) in [4.78, 5) is 26.4. The number of hydrogen-bond donors (Lipinski definition) is 1. The van der Waals surface area contributed by atoms with Crippen molar-refractivity contribution in [1.82, 2.24) is 9.36 Å². The third-order valence-electron chi connectivity index (χ3n) is 5.22. The molecule has 0 aliphatic carbocycles. The van der Waals surface area contributed by atoms with Crippen LogP contribution in [0.4, 0.5) is 5.69 Å². The Morgan fingerprint density at radius 2 is 1.81 bits per heavy atom. The van der Waals surface area contributed by atoms with Crippen LogP contribution in [-0.2, 0) is 17.8 Å². The van der Waals surface area contributed by atoms with Crippen molar-refractivity contribution < 1.29 is 9.53 Å². The number of ether oxygens (including phenoxy) is 1. The van der Waals surface area contributed by atoms with E-state index in [1.165, 1.54) is 4.68 Å². The van der Waals surface area contributed by atoms with E-state index in [0.29, 0.717) is 40.0 Å². The number of carbonyl (C=O) groups is 1. The van der Waals surface area contributed by atoms with Gasteiger partial charge in [0.25, 0.3) is 5.56 Å². The number of hydrogen-bond acceptors (Lipinski definition) is 3. The summed E-state index contributed by atoms with van der Waals surface area (Å²) in [5, 5.41) is 3.25. The molecule has 3 aromatic carbocycles. The molecule has 1 N–H and O–H groups in total. The number of amides is 1. The molecule has 32 heavy (non-hydrogen) atoms. The van der Waals surface area contributed by atoms with E-state index in [1.807, 2.05) is 48.5 Å². The Bertz CT molecular complexity index is 1400. The predicted molar refractivity (Wildman–Crippen MR) is 127 cm³/mol. The molecule has 1 aliphatic rings. The van der Waals surface area contributed by atoms with Crippen molar-refractivity contribution in [3.63, 3.8) is 0 Å². The van der Waals surface area contributed by atoms with E-state index in [1.54, 1.807) is 28.9 Å². The number of carbonyl (C=O) groups excluding carboxylic acids is 1. The van der Waals surface area contributed by atoms with Crippen molar-refractivity contribution >= 4 is 39.1 Å². The van der Waals surface area contributed by atoms with Crippen LogP contribution < -0.4 is 15.6 Å². The Balaban J connectivity index is 1.58. The number of rotatable bonds is 4. The Morgan fingerprint density at radius 1 is 1.06 bits per heavy atom. The smallest absolute Gasteiger partial charge is 0.278 e. The molecular weight excluding hydrogens is 494 g/mol. The molecule has 2 heterocycles. The molecule has 0 fully saturated rings. The van der Waals surface area contributed by atoms with Gasteiger partial charge < -0.3 is 10.1 Å². The van der Waals surface area contributed by atoms with Crippen LogP contribution in [0.1, 0.15) is 11.1 Å². The molecule has 0 radical (unpaired) electrons. The molecule has 1 amide bonds. The monoisotopic (exact) mass is 509 g/mol. The molecule has 0 bridgehead atoms. The van der Waals surface area contributed by atoms with Crippen LogP contribution in [0.15, 0.2) is 82.1 Å². The van der Waals surface area contributed by atoms with E-state index in [-0.39, 0.29) is 18.0 Å². The number of nitrogens with zero attached hydrogens (tertiary/aromatic N) is 2. The molecule has 1 aromatic heterocycles. The van der Waals surface area contributed by atoms with Gasteiger partial charge in [0.1, 0.15) is 12.3 Å². The third kappa shape index (κ3) is 3.74. The average molecular weight is 511 g/mol. The van der Waals surface area contributed by atoms with Gasteiger partial charge in [-0.25, -0.2) is 9.36 Å². The van der Waals surface area contributed by atoms with E-state index >= 15 is 0 Å². The van der Waals surface area contributed by atoms with Gasteiger partial charge in [0.2, 0.25) is 11.8 Å². The lowest BCUT2D eigenvalue weighted by molar-refractivity contribution is -0.117.